The Balaban J connectivity index is 1.39. The number of nitrogens with zero attached hydrogens (tertiary/aromatic N) is 3. The molecule has 1 aromatic heterocycles. The molecule has 33 heavy (non-hydrogen) atoms. The molecule has 2 saturated heterocycles. The highest BCUT2D eigenvalue weighted by Gasteiger charge is 2.60. The lowest BCUT2D eigenvalue weighted by Crippen LogP contribution is -2.63. The van der Waals surface area contributed by atoms with Crippen LogP contribution in [0.3, 0.4) is 0 Å². The third-order valence-corrected chi connectivity index (χ3v) is 8.85. The quantitative estimate of drug-likeness (QED) is 0.364. The third-order valence-electron chi connectivity index (χ3n) is 6.50. The second-order valence-electron chi connectivity index (χ2n) is 8.69. The number of carbonyl (C=O) groups excluding carboxylic acids is 2. The van der Waals surface area contributed by atoms with Gasteiger partial charge in [0, 0.05) is 34.5 Å². The summed E-state index contributed by atoms with van der Waals surface area (Å²) >= 11 is 2.84. The van der Waals surface area contributed by atoms with E-state index >= 15 is 0 Å². The first-order valence-electron chi connectivity index (χ1n) is 10.9. The Morgan fingerprint density at radius 2 is 2.09 bits per heavy atom. The first-order chi connectivity index (χ1) is 15.7. The summed E-state index contributed by atoms with van der Waals surface area (Å²) in [7, 11) is 0. The largest absolute Gasteiger partial charge is 0.477 e. The number of carboxylic acids is 1. The van der Waals surface area contributed by atoms with Gasteiger partial charge in [0.25, 0.3) is 5.91 Å². The lowest BCUT2D eigenvalue weighted by molar-refractivity contribution is -0.163. The molecule has 0 saturated carbocycles. The summed E-state index contributed by atoms with van der Waals surface area (Å²) in [5.74, 6) is -2.48. The molecular formula is C21H28N4O6S2. The molecule has 3 aliphatic rings. The Hall–Kier alpha value is -2.15. The van der Waals surface area contributed by atoms with Crippen LogP contribution in [0.4, 0.5) is 5.13 Å². The van der Waals surface area contributed by atoms with Gasteiger partial charge in [-0.3, -0.25) is 9.59 Å². The number of thioether (sulfide) groups is 1. The van der Waals surface area contributed by atoms with Crippen molar-refractivity contribution in [2.75, 3.05) is 24.6 Å². The average Bonchev–Trinajstić information content (AvgIpc) is 3.30. The Bertz CT molecular complexity index is 985. The summed E-state index contributed by atoms with van der Waals surface area (Å²) < 4.78 is 0. The zero-order valence-corrected chi connectivity index (χ0v) is 20.2. The summed E-state index contributed by atoms with van der Waals surface area (Å²) in [5.41, 5.74) is 0.353. The molecule has 2 amide bonds. The molecule has 4 rings (SSSR count). The third kappa shape index (κ3) is 4.13. The predicted molar refractivity (Wildman–Crippen MR) is 124 cm³/mol. The second-order valence-corrected chi connectivity index (χ2v) is 10.9. The van der Waals surface area contributed by atoms with Crippen LogP contribution in [0, 0.1) is 11.8 Å². The van der Waals surface area contributed by atoms with Crippen molar-refractivity contribution < 1.29 is 29.7 Å². The van der Waals surface area contributed by atoms with Gasteiger partial charge in [-0.25, -0.2) is 9.78 Å². The molecule has 4 heterocycles. The zero-order valence-electron chi connectivity index (χ0n) is 18.6. The summed E-state index contributed by atoms with van der Waals surface area (Å²) in [6.45, 7) is 6.53. The maximum atomic E-state index is 12.5. The van der Waals surface area contributed by atoms with E-state index in [1.54, 1.807) is 12.3 Å². The van der Waals surface area contributed by atoms with Crippen LogP contribution in [-0.4, -0.2) is 86.1 Å². The molecule has 1 aromatic rings. The molecule has 2 fully saturated rings. The summed E-state index contributed by atoms with van der Waals surface area (Å²) in [5, 5.41) is 34.3. The van der Waals surface area contributed by atoms with Gasteiger partial charge < -0.3 is 30.4 Å². The molecule has 0 aromatic carbocycles. The number of aliphatic hydroxyl groups is 2. The number of amides is 2. The smallest absolute Gasteiger partial charge is 0.353 e. The number of β-lactam (4-membered cyclic amide) rings is 1. The molecule has 0 bridgehead atoms. The van der Waals surface area contributed by atoms with Crippen LogP contribution in [0.1, 0.15) is 37.7 Å². The zero-order chi connectivity index (χ0) is 24.0. The van der Waals surface area contributed by atoms with Crippen LogP contribution in [0.25, 0.3) is 0 Å². The van der Waals surface area contributed by atoms with Crippen LogP contribution in [0.2, 0.25) is 0 Å². The van der Waals surface area contributed by atoms with Crippen LogP contribution < -0.4 is 10.2 Å². The normalized spacial score (nSPS) is 26.6. The first kappa shape index (κ1) is 24.0. The van der Waals surface area contributed by atoms with Crippen molar-refractivity contribution in [3.05, 3.63) is 21.7 Å². The molecule has 12 heteroatoms. The summed E-state index contributed by atoms with van der Waals surface area (Å²) in [4.78, 5) is 45.1. The number of carbonyl (C=O) groups is 3. The van der Waals surface area contributed by atoms with Crippen molar-refractivity contribution in [3.8, 4) is 0 Å². The number of aliphatic carboxylic acids is 1. The number of hydrogen-bond donors (Lipinski definition) is 4. The van der Waals surface area contributed by atoms with Gasteiger partial charge in [0.2, 0.25) is 5.91 Å². The minimum Gasteiger partial charge on any atom is -0.477 e. The van der Waals surface area contributed by atoms with Gasteiger partial charge in [-0.05, 0) is 13.3 Å². The van der Waals surface area contributed by atoms with Gasteiger partial charge in [0.05, 0.1) is 30.7 Å². The number of carboxylic acid groups (broad SMARTS) is 1. The molecule has 0 spiro atoms. The van der Waals surface area contributed by atoms with E-state index in [-0.39, 0.29) is 47.4 Å². The Morgan fingerprint density at radius 3 is 2.67 bits per heavy atom. The molecule has 0 unspecified atom stereocenters. The summed E-state index contributed by atoms with van der Waals surface area (Å²) in [6.07, 6.45) is -0.195. The van der Waals surface area contributed by atoms with Crippen molar-refractivity contribution >= 4 is 46.0 Å². The van der Waals surface area contributed by atoms with Crippen LogP contribution in [0.5, 0.6) is 0 Å². The highest BCUT2D eigenvalue weighted by Crippen LogP contribution is 2.52. The topological polar surface area (TPSA) is 143 Å². The Labute approximate surface area is 199 Å². The van der Waals surface area contributed by atoms with E-state index in [9.17, 15) is 29.7 Å². The van der Waals surface area contributed by atoms with E-state index in [0.29, 0.717) is 35.2 Å². The van der Waals surface area contributed by atoms with Crippen molar-refractivity contribution in [3.63, 3.8) is 0 Å². The molecule has 5 atom stereocenters. The fourth-order valence-electron chi connectivity index (χ4n) is 4.58. The fraction of sp³-hybridized carbons (Fsp3) is 0.619. The van der Waals surface area contributed by atoms with E-state index in [0.717, 1.165) is 0 Å². The average molecular weight is 497 g/mol. The predicted octanol–water partition coefficient (Wildman–Crippen LogP) is 0.719. The standard InChI is InChI=1S/C21H28N4O6S2/c1-4-11(7-26)22-18(28)13-8-32-21(23-13)24-5-12(6-24)33-17-9(2)15-14(10(3)27)19(29)25(15)16(17)20(30)31/h8-12,14-15,26-27H,4-7H2,1-3H3,(H,22,28)(H,30,31)/t9-,10-,11+,14-,15-/m1/s1. The van der Waals surface area contributed by atoms with Gasteiger partial charge >= 0.3 is 5.97 Å². The SMILES string of the molecule is CC[C@@H](CO)NC(=O)c1csc(N2CC(SC3=C(C(=O)O)N4C(=O)[C@H]([C@@H](C)O)[C@H]4[C@H]3C)C2)n1. The lowest BCUT2D eigenvalue weighted by atomic mass is 9.79. The number of thiazole rings is 1. The number of aromatic nitrogens is 1. The minimum atomic E-state index is -1.12. The molecule has 180 valence electrons. The van der Waals surface area contributed by atoms with Crippen molar-refractivity contribution in [1.82, 2.24) is 15.2 Å². The molecule has 0 radical (unpaired) electrons. The number of fused-ring (bicyclic) bond motifs is 1. The van der Waals surface area contributed by atoms with Gasteiger partial charge in [-0.15, -0.1) is 23.1 Å². The van der Waals surface area contributed by atoms with Gasteiger partial charge in [-0.2, -0.15) is 0 Å². The van der Waals surface area contributed by atoms with E-state index in [4.69, 9.17) is 0 Å². The number of aliphatic hydroxyl groups excluding tert-OH is 2. The minimum absolute atomic E-state index is 0.0421. The van der Waals surface area contributed by atoms with Crippen molar-refractivity contribution in [2.45, 2.75) is 50.6 Å². The number of nitrogens with one attached hydrogen (secondary N) is 1. The molecule has 10 nitrogen and oxygen atoms in total. The van der Waals surface area contributed by atoms with Gasteiger partial charge in [0.15, 0.2) is 5.13 Å². The van der Waals surface area contributed by atoms with E-state index in [2.05, 4.69) is 10.3 Å². The highest BCUT2D eigenvalue weighted by atomic mass is 32.2. The number of hydrogen-bond acceptors (Lipinski definition) is 9. The fourth-order valence-corrected chi connectivity index (χ4v) is 6.92. The molecule has 3 aliphatic heterocycles. The number of rotatable bonds is 9. The van der Waals surface area contributed by atoms with Gasteiger partial charge in [0.1, 0.15) is 11.4 Å². The highest BCUT2D eigenvalue weighted by molar-refractivity contribution is 8.03. The van der Waals surface area contributed by atoms with Crippen LogP contribution in [0.15, 0.2) is 16.0 Å². The van der Waals surface area contributed by atoms with Crippen LogP contribution >= 0.6 is 23.1 Å². The molecular weight excluding hydrogens is 468 g/mol. The monoisotopic (exact) mass is 496 g/mol. The lowest BCUT2D eigenvalue weighted by Gasteiger charge is -2.46. The molecule has 4 N–H and O–H groups in total. The van der Waals surface area contributed by atoms with E-state index in [1.807, 2.05) is 18.7 Å². The second kappa shape index (κ2) is 9.24. The Kier molecular flexibility index (Phi) is 6.72. The van der Waals surface area contributed by atoms with E-state index < -0.39 is 18.0 Å². The Morgan fingerprint density at radius 1 is 1.39 bits per heavy atom. The van der Waals surface area contributed by atoms with Crippen molar-refractivity contribution in [2.24, 2.45) is 11.8 Å². The molecule has 0 aliphatic carbocycles. The first-order valence-corrected chi connectivity index (χ1v) is 12.7. The summed E-state index contributed by atoms with van der Waals surface area (Å²) in [6, 6.07) is -0.614. The van der Waals surface area contributed by atoms with Gasteiger partial charge in [-0.1, -0.05) is 13.8 Å². The van der Waals surface area contributed by atoms with Crippen LogP contribution in [-0.2, 0) is 9.59 Å². The van der Waals surface area contributed by atoms with Crippen molar-refractivity contribution in [1.29, 1.82) is 0 Å². The maximum absolute atomic E-state index is 12.5. The van der Waals surface area contributed by atoms with E-state index in [1.165, 1.54) is 28.0 Å². The maximum Gasteiger partial charge on any atom is 0.353 e. The number of anilines is 1.